The predicted molar refractivity (Wildman–Crippen MR) is 118 cm³/mol. The average Bonchev–Trinajstić information content (AvgIpc) is 3.10. The van der Waals surface area contributed by atoms with Crippen molar-refractivity contribution in [1.29, 1.82) is 0 Å². The van der Waals surface area contributed by atoms with Gasteiger partial charge in [0.1, 0.15) is 0 Å². The van der Waals surface area contributed by atoms with E-state index in [2.05, 4.69) is 5.32 Å². The van der Waals surface area contributed by atoms with Crippen molar-refractivity contribution < 1.29 is 14.3 Å². The molecule has 5 nitrogen and oxygen atoms in total. The predicted octanol–water partition coefficient (Wildman–Crippen LogP) is 4.91. The Morgan fingerprint density at radius 3 is 2.30 bits per heavy atom. The number of amides is 1. The van der Waals surface area contributed by atoms with E-state index < -0.39 is 0 Å². The van der Waals surface area contributed by atoms with Crippen molar-refractivity contribution in [3.8, 4) is 11.3 Å². The SMILES string of the molecule is CCOC(=O)c1cc(-c2ccccc2)n(CCC(=O)NC(C)c2ccccc2)c1C. The molecule has 0 spiro atoms. The first kappa shape index (κ1) is 21.4. The van der Waals surface area contributed by atoms with Crippen LogP contribution in [0.25, 0.3) is 11.3 Å². The van der Waals surface area contributed by atoms with Gasteiger partial charge >= 0.3 is 5.97 Å². The summed E-state index contributed by atoms with van der Waals surface area (Å²) in [6.07, 6.45) is 0.314. The van der Waals surface area contributed by atoms with Crippen molar-refractivity contribution in [3.63, 3.8) is 0 Å². The summed E-state index contributed by atoms with van der Waals surface area (Å²) in [5.74, 6) is -0.371. The minimum atomic E-state index is -0.340. The summed E-state index contributed by atoms with van der Waals surface area (Å²) < 4.78 is 7.23. The largest absolute Gasteiger partial charge is 0.462 e. The van der Waals surface area contributed by atoms with Gasteiger partial charge in [-0.25, -0.2) is 4.79 Å². The lowest BCUT2D eigenvalue weighted by molar-refractivity contribution is -0.121. The fourth-order valence-corrected chi connectivity index (χ4v) is 3.55. The van der Waals surface area contributed by atoms with Crippen LogP contribution in [0.4, 0.5) is 0 Å². The lowest BCUT2D eigenvalue weighted by Gasteiger charge is -2.16. The lowest BCUT2D eigenvalue weighted by atomic mass is 10.1. The van der Waals surface area contributed by atoms with E-state index in [0.29, 0.717) is 25.1 Å². The maximum atomic E-state index is 12.6. The number of aromatic nitrogens is 1. The molecule has 0 saturated heterocycles. The molecule has 1 atom stereocenters. The molecule has 1 heterocycles. The zero-order chi connectivity index (χ0) is 21.5. The molecule has 30 heavy (non-hydrogen) atoms. The number of nitrogens with zero attached hydrogens (tertiary/aromatic N) is 1. The summed E-state index contributed by atoms with van der Waals surface area (Å²) in [5, 5.41) is 3.05. The number of nitrogens with one attached hydrogen (secondary N) is 1. The van der Waals surface area contributed by atoms with Gasteiger partial charge in [-0.05, 0) is 38.0 Å². The molecule has 0 aliphatic rings. The second-order valence-corrected chi connectivity index (χ2v) is 7.22. The molecule has 1 N–H and O–H groups in total. The van der Waals surface area contributed by atoms with E-state index in [9.17, 15) is 9.59 Å². The maximum Gasteiger partial charge on any atom is 0.339 e. The van der Waals surface area contributed by atoms with Crippen LogP contribution in [0, 0.1) is 6.92 Å². The summed E-state index contributed by atoms with van der Waals surface area (Å²) in [4.78, 5) is 25.0. The Bertz CT molecular complexity index is 994. The molecule has 1 amide bonds. The number of carbonyl (C=O) groups excluding carboxylic acids is 2. The molecule has 0 bridgehead atoms. The quantitative estimate of drug-likeness (QED) is 0.543. The van der Waals surface area contributed by atoms with Gasteiger partial charge in [0.05, 0.1) is 18.2 Å². The zero-order valence-corrected chi connectivity index (χ0v) is 17.7. The lowest BCUT2D eigenvalue weighted by Crippen LogP contribution is -2.27. The molecule has 1 unspecified atom stereocenters. The molecule has 3 aromatic rings. The van der Waals surface area contributed by atoms with Gasteiger partial charge in [0.15, 0.2) is 0 Å². The number of hydrogen-bond acceptors (Lipinski definition) is 3. The zero-order valence-electron chi connectivity index (χ0n) is 17.7. The van der Waals surface area contributed by atoms with Crippen molar-refractivity contribution >= 4 is 11.9 Å². The van der Waals surface area contributed by atoms with E-state index in [0.717, 1.165) is 22.5 Å². The second-order valence-electron chi connectivity index (χ2n) is 7.22. The van der Waals surface area contributed by atoms with E-state index in [1.54, 1.807) is 6.92 Å². The van der Waals surface area contributed by atoms with Crippen molar-refractivity contribution in [2.75, 3.05) is 6.61 Å². The van der Waals surface area contributed by atoms with Crippen LogP contribution in [-0.2, 0) is 16.1 Å². The van der Waals surface area contributed by atoms with Crippen LogP contribution in [-0.4, -0.2) is 23.1 Å². The summed E-state index contributed by atoms with van der Waals surface area (Å²) in [5.41, 5.74) is 4.30. The number of benzene rings is 2. The molecule has 0 radical (unpaired) electrons. The molecule has 1 aromatic heterocycles. The number of ether oxygens (including phenoxy) is 1. The summed E-state index contributed by atoms with van der Waals surface area (Å²) >= 11 is 0. The standard InChI is InChI=1S/C25H28N2O3/c1-4-30-25(29)22-17-23(21-13-9-6-10-14-21)27(19(22)3)16-15-24(28)26-18(2)20-11-7-5-8-12-20/h5-14,17-18H,4,15-16H2,1-3H3,(H,26,28). The van der Waals surface area contributed by atoms with Gasteiger partial charge in [0, 0.05) is 24.4 Å². The van der Waals surface area contributed by atoms with E-state index in [-0.39, 0.29) is 17.9 Å². The number of rotatable bonds is 8. The highest BCUT2D eigenvalue weighted by molar-refractivity contribution is 5.92. The number of hydrogen-bond donors (Lipinski definition) is 1. The highest BCUT2D eigenvalue weighted by Gasteiger charge is 2.20. The van der Waals surface area contributed by atoms with Crippen LogP contribution in [0.2, 0.25) is 0 Å². The first-order valence-corrected chi connectivity index (χ1v) is 10.3. The van der Waals surface area contributed by atoms with Crippen LogP contribution in [0.15, 0.2) is 66.7 Å². The van der Waals surface area contributed by atoms with Gasteiger partial charge in [-0.1, -0.05) is 60.7 Å². The first-order valence-electron chi connectivity index (χ1n) is 10.3. The van der Waals surface area contributed by atoms with Crippen molar-refractivity contribution in [2.24, 2.45) is 0 Å². The summed E-state index contributed by atoms with van der Waals surface area (Å²) in [6.45, 7) is 6.46. The fourth-order valence-electron chi connectivity index (χ4n) is 3.55. The molecule has 3 rings (SSSR count). The average molecular weight is 405 g/mol. The minimum Gasteiger partial charge on any atom is -0.462 e. The van der Waals surface area contributed by atoms with E-state index >= 15 is 0 Å². The third-order valence-electron chi connectivity index (χ3n) is 5.17. The van der Waals surface area contributed by atoms with Gasteiger partial charge in [-0.2, -0.15) is 0 Å². The molecule has 0 fully saturated rings. The van der Waals surface area contributed by atoms with Gasteiger partial charge in [0.25, 0.3) is 0 Å². The van der Waals surface area contributed by atoms with Crippen LogP contribution < -0.4 is 5.32 Å². The van der Waals surface area contributed by atoms with Crippen LogP contribution >= 0.6 is 0 Å². The first-order chi connectivity index (χ1) is 14.5. The van der Waals surface area contributed by atoms with Crippen LogP contribution in [0.5, 0.6) is 0 Å². The van der Waals surface area contributed by atoms with E-state index in [1.165, 1.54) is 0 Å². The maximum absolute atomic E-state index is 12.6. The van der Waals surface area contributed by atoms with Crippen molar-refractivity contribution in [2.45, 2.75) is 39.8 Å². The third-order valence-corrected chi connectivity index (χ3v) is 5.17. The molecule has 0 aliphatic heterocycles. The topological polar surface area (TPSA) is 60.3 Å². The molecular weight excluding hydrogens is 376 g/mol. The smallest absolute Gasteiger partial charge is 0.339 e. The molecule has 156 valence electrons. The van der Waals surface area contributed by atoms with E-state index in [4.69, 9.17) is 4.74 Å². The number of carbonyl (C=O) groups is 2. The van der Waals surface area contributed by atoms with Gasteiger partial charge in [-0.15, -0.1) is 0 Å². The van der Waals surface area contributed by atoms with Gasteiger partial charge in [-0.3, -0.25) is 4.79 Å². The highest BCUT2D eigenvalue weighted by Crippen LogP contribution is 2.27. The molecule has 2 aromatic carbocycles. The Kier molecular flexibility index (Phi) is 7.07. The molecular formula is C25H28N2O3. The Labute approximate surface area is 177 Å². The molecule has 5 heteroatoms. The van der Waals surface area contributed by atoms with Crippen LogP contribution in [0.3, 0.4) is 0 Å². The summed E-state index contributed by atoms with van der Waals surface area (Å²) in [7, 11) is 0. The van der Waals surface area contributed by atoms with Gasteiger partial charge in [0.2, 0.25) is 5.91 Å². The fraction of sp³-hybridized carbons (Fsp3) is 0.280. The highest BCUT2D eigenvalue weighted by atomic mass is 16.5. The Morgan fingerprint density at radius 1 is 1.03 bits per heavy atom. The Hall–Kier alpha value is -3.34. The third kappa shape index (κ3) is 4.98. The van der Waals surface area contributed by atoms with Crippen molar-refractivity contribution in [1.82, 2.24) is 9.88 Å². The normalized spacial score (nSPS) is 11.7. The summed E-state index contributed by atoms with van der Waals surface area (Å²) in [6, 6.07) is 21.5. The van der Waals surface area contributed by atoms with E-state index in [1.807, 2.05) is 85.1 Å². The van der Waals surface area contributed by atoms with Crippen molar-refractivity contribution in [3.05, 3.63) is 83.6 Å². The molecule has 0 saturated carbocycles. The van der Waals surface area contributed by atoms with Gasteiger partial charge < -0.3 is 14.6 Å². The molecule has 0 aliphatic carbocycles. The minimum absolute atomic E-state index is 0.0313. The van der Waals surface area contributed by atoms with Crippen LogP contribution in [0.1, 0.15) is 47.9 Å². The monoisotopic (exact) mass is 404 g/mol. The number of esters is 1. The Morgan fingerprint density at radius 2 is 1.67 bits per heavy atom. The second kappa shape index (κ2) is 9.92. The Balaban J connectivity index is 1.78.